The summed E-state index contributed by atoms with van der Waals surface area (Å²) in [4.78, 5) is 18.9. The van der Waals surface area contributed by atoms with E-state index >= 15 is 0 Å². The minimum Gasteiger partial charge on any atom is -0.380 e. The molecule has 1 unspecified atom stereocenters. The van der Waals surface area contributed by atoms with E-state index in [1.54, 1.807) is 13.3 Å². The van der Waals surface area contributed by atoms with Gasteiger partial charge < -0.3 is 14.6 Å². The highest BCUT2D eigenvalue weighted by molar-refractivity contribution is 5.38. The molecule has 2 aromatic heterocycles. The van der Waals surface area contributed by atoms with Gasteiger partial charge in [-0.15, -0.1) is 0 Å². The van der Waals surface area contributed by atoms with Gasteiger partial charge in [0, 0.05) is 43.9 Å². The molecule has 106 valence electrons. The van der Waals surface area contributed by atoms with Crippen LogP contribution in [-0.4, -0.2) is 39.7 Å². The van der Waals surface area contributed by atoms with Gasteiger partial charge >= 0.3 is 0 Å². The highest BCUT2D eigenvalue weighted by atomic mass is 16.5. The van der Waals surface area contributed by atoms with Crippen molar-refractivity contribution in [1.29, 1.82) is 0 Å². The zero-order chi connectivity index (χ0) is 14.1. The lowest BCUT2D eigenvalue weighted by molar-refractivity contribution is 0.118. The van der Waals surface area contributed by atoms with E-state index in [9.17, 15) is 0 Å². The molecule has 1 N–H and O–H groups in total. The number of nitrogens with one attached hydrogen (secondary N) is 1. The van der Waals surface area contributed by atoms with Crippen LogP contribution in [0.15, 0.2) is 18.5 Å². The monoisotopic (exact) mass is 273 g/mol. The van der Waals surface area contributed by atoms with E-state index in [0.717, 1.165) is 36.1 Å². The molecule has 3 rings (SSSR count). The molecule has 1 aliphatic rings. The predicted molar refractivity (Wildman–Crippen MR) is 75.6 cm³/mol. The zero-order valence-electron chi connectivity index (χ0n) is 12.0. The molecule has 6 nitrogen and oxygen atoms in total. The maximum Gasteiger partial charge on any atom is 0.226 e. The fourth-order valence-corrected chi connectivity index (χ4v) is 2.74. The van der Waals surface area contributed by atoms with Gasteiger partial charge in [0.1, 0.15) is 5.82 Å². The Kier molecular flexibility index (Phi) is 3.40. The number of aromatic amines is 1. The van der Waals surface area contributed by atoms with Gasteiger partial charge in [-0.25, -0.2) is 15.0 Å². The van der Waals surface area contributed by atoms with Crippen LogP contribution in [0.3, 0.4) is 0 Å². The van der Waals surface area contributed by atoms with Crippen LogP contribution in [0.5, 0.6) is 0 Å². The van der Waals surface area contributed by atoms with Crippen LogP contribution < -0.4 is 4.90 Å². The normalized spacial score (nSPS) is 22.4. The molecule has 0 bridgehead atoms. The van der Waals surface area contributed by atoms with E-state index in [2.05, 4.69) is 24.8 Å². The van der Waals surface area contributed by atoms with Crippen molar-refractivity contribution in [3.05, 3.63) is 35.7 Å². The lowest BCUT2D eigenvalue weighted by Gasteiger charge is -2.23. The lowest BCUT2D eigenvalue weighted by Crippen LogP contribution is -2.27. The van der Waals surface area contributed by atoms with E-state index in [0.29, 0.717) is 0 Å². The number of rotatable bonds is 3. The molecule has 0 saturated carbocycles. The predicted octanol–water partition coefficient (Wildman–Crippen LogP) is 1.78. The van der Waals surface area contributed by atoms with Crippen molar-refractivity contribution in [3.63, 3.8) is 0 Å². The third kappa shape index (κ3) is 2.38. The van der Waals surface area contributed by atoms with E-state index < -0.39 is 0 Å². The second-order valence-electron chi connectivity index (χ2n) is 5.19. The number of anilines is 1. The topological polar surface area (TPSA) is 66.9 Å². The number of hydrogen-bond acceptors (Lipinski definition) is 5. The summed E-state index contributed by atoms with van der Waals surface area (Å²) in [7, 11) is 1.75. The second-order valence-corrected chi connectivity index (χ2v) is 5.19. The highest BCUT2D eigenvalue weighted by Crippen LogP contribution is 2.34. The van der Waals surface area contributed by atoms with Gasteiger partial charge in [-0.1, -0.05) is 0 Å². The van der Waals surface area contributed by atoms with Crippen molar-refractivity contribution in [3.8, 4) is 0 Å². The molecule has 0 spiro atoms. The average Bonchev–Trinajstić information content (AvgIpc) is 3.06. The minimum atomic E-state index is 0.135. The Morgan fingerprint density at radius 3 is 2.65 bits per heavy atom. The lowest BCUT2D eigenvalue weighted by atomic mass is 10.2. The van der Waals surface area contributed by atoms with Gasteiger partial charge in [-0.2, -0.15) is 0 Å². The maximum absolute atomic E-state index is 5.51. The number of ether oxygens (including phenoxy) is 1. The SMILES string of the molecule is CO[C@@H]1CC(c2ncc[nH]2)N(c2nc(C)cc(C)n2)C1. The summed E-state index contributed by atoms with van der Waals surface area (Å²) in [5, 5.41) is 0. The standard InChI is InChI=1S/C14H19N5O/c1-9-6-10(2)18-14(17-9)19-8-11(20-3)7-12(19)13-15-4-5-16-13/h4-6,11-12H,7-8H2,1-3H3,(H,15,16)/t11-,12?/m1/s1. The molecule has 6 heteroatoms. The number of hydrogen-bond donors (Lipinski definition) is 1. The smallest absolute Gasteiger partial charge is 0.226 e. The van der Waals surface area contributed by atoms with Crippen molar-refractivity contribution in [2.24, 2.45) is 0 Å². The molecule has 1 fully saturated rings. The van der Waals surface area contributed by atoms with Gasteiger partial charge in [-0.05, 0) is 19.9 Å². The third-order valence-electron chi connectivity index (χ3n) is 3.66. The first-order valence-electron chi connectivity index (χ1n) is 6.78. The molecule has 1 saturated heterocycles. The Morgan fingerprint density at radius 2 is 2.05 bits per heavy atom. The Hall–Kier alpha value is -1.95. The van der Waals surface area contributed by atoms with Crippen molar-refractivity contribution >= 4 is 5.95 Å². The molecule has 2 aromatic rings. The summed E-state index contributed by atoms with van der Waals surface area (Å²) in [6.07, 6.45) is 4.68. The first kappa shape index (κ1) is 13.1. The minimum absolute atomic E-state index is 0.135. The molecule has 20 heavy (non-hydrogen) atoms. The average molecular weight is 273 g/mol. The van der Waals surface area contributed by atoms with Crippen LogP contribution in [-0.2, 0) is 4.74 Å². The molecule has 0 aliphatic carbocycles. The number of H-pyrrole nitrogens is 1. The summed E-state index contributed by atoms with van der Waals surface area (Å²) < 4.78 is 5.51. The molecular formula is C14H19N5O. The number of methoxy groups -OCH3 is 1. The van der Waals surface area contributed by atoms with Crippen molar-refractivity contribution < 1.29 is 4.74 Å². The van der Waals surface area contributed by atoms with Gasteiger partial charge in [0.05, 0.1) is 12.1 Å². The molecule has 3 heterocycles. The van der Waals surface area contributed by atoms with Crippen LogP contribution in [0.25, 0.3) is 0 Å². The van der Waals surface area contributed by atoms with Crippen LogP contribution in [0.2, 0.25) is 0 Å². The zero-order valence-corrected chi connectivity index (χ0v) is 12.0. The van der Waals surface area contributed by atoms with E-state index in [-0.39, 0.29) is 12.1 Å². The van der Waals surface area contributed by atoms with Gasteiger partial charge in [0.15, 0.2) is 0 Å². The van der Waals surface area contributed by atoms with E-state index in [1.807, 2.05) is 26.1 Å². The quantitative estimate of drug-likeness (QED) is 0.923. The summed E-state index contributed by atoms with van der Waals surface area (Å²) in [6, 6.07) is 2.12. The summed E-state index contributed by atoms with van der Waals surface area (Å²) in [5.41, 5.74) is 1.96. The van der Waals surface area contributed by atoms with Gasteiger partial charge in [-0.3, -0.25) is 0 Å². The molecule has 0 aromatic carbocycles. The van der Waals surface area contributed by atoms with Crippen LogP contribution in [0.1, 0.15) is 29.7 Å². The van der Waals surface area contributed by atoms with Crippen molar-refractivity contribution in [2.45, 2.75) is 32.4 Å². The Balaban J connectivity index is 1.96. The first-order chi connectivity index (χ1) is 9.67. The largest absolute Gasteiger partial charge is 0.380 e. The second kappa shape index (κ2) is 5.20. The fraction of sp³-hybridized carbons (Fsp3) is 0.500. The first-order valence-corrected chi connectivity index (χ1v) is 6.78. The van der Waals surface area contributed by atoms with Gasteiger partial charge in [0.25, 0.3) is 0 Å². The van der Waals surface area contributed by atoms with Crippen LogP contribution in [0.4, 0.5) is 5.95 Å². The molecular weight excluding hydrogens is 254 g/mol. The molecule has 1 aliphatic heterocycles. The van der Waals surface area contributed by atoms with Crippen LogP contribution >= 0.6 is 0 Å². The van der Waals surface area contributed by atoms with Crippen molar-refractivity contribution in [2.75, 3.05) is 18.6 Å². The fourth-order valence-electron chi connectivity index (χ4n) is 2.74. The Labute approximate surface area is 118 Å². The maximum atomic E-state index is 5.51. The van der Waals surface area contributed by atoms with Gasteiger partial charge in [0.2, 0.25) is 5.95 Å². The number of nitrogens with zero attached hydrogens (tertiary/aromatic N) is 4. The Morgan fingerprint density at radius 1 is 1.30 bits per heavy atom. The number of aryl methyl sites for hydroxylation is 2. The Bertz CT molecular complexity index is 563. The number of aromatic nitrogens is 4. The molecule has 0 amide bonds. The number of imidazole rings is 1. The summed E-state index contributed by atoms with van der Waals surface area (Å²) in [6.45, 7) is 4.76. The third-order valence-corrected chi connectivity index (χ3v) is 3.66. The highest BCUT2D eigenvalue weighted by Gasteiger charge is 2.36. The molecule has 0 radical (unpaired) electrons. The summed E-state index contributed by atoms with van der Waals surface area (Å²) >= 11 is 0. The summed E-state index contributed by atoms with van der Waals surface area (Å²) in [5.74, 6) is 1.69. The van der Waals surface area contributed by atoms with E-state index in [1.165, 1.54) is 0 Å². The van der Waals surface area contributed by atoms with Crippen molar-refractivity contribution in [1.82, 2.24) is 19.9 Å². The van der Waals surface area contributed by atoms with Crippen LogP contribution in [0, 0.1) is 13.8 Å². The molecule has 2 atom stereocenters. The van der Waals surface area contributed by atoms with E-state index in [4.69, 9.17) is 4.74 Å².